The summed E-state index contributed by atoms with van der Waals surface area (Å²) in [6.07, 6.45) is -3.58. The first-order valence-electron chi connectivity index (χ1n) is 10.4. The molecule has 2 N–H and O–H groups in total. The van der Waals surface area contributed by atoms with Crippen LogP contribution in [0.1, 0.15) is 40.3 Å². The summed E-state index contributed by atoms with van der Waals surface area (Å²) >= 11 is 0. The van der Waals surface area contributed by atoms with Gasteiger partial charge in [0.1, 0.15) is 17.0 Å². The van der Waals surface area contributed by atoms with E-state index in [-0.39, 0.29) is 22.6 Å². The van der Waals surface area contributed by atoms with Gasteiger partial charge in [-0.3, -0.25) is 4.98 Å². The SMILES string of the molecule is CC(C)Oc1ccc(-n2c(C(=O)O)c(C(=O)O)c3cc(-c4ncccc4C(F)(F)F)ccc32)cc1. The van der Waals surface area contributed by atoms with Gasteiger partial charge in [-0.1, -0.05) is 6.07 Å². The van der Waals surface area contributed by atoms with Crippen LogP contribution >= 0.6 is 0 Å². The number of hydrogen-bond acceptors (Lipinski definition) is 4. The predicted octanol–water partition coefficient (Wildman–Crippen LogP) is 5.89. The molecule has 0 aliphatic rings. The van der Waals surface area contributed by atoms with Gasteiger partial charge in [0.15, 0.2) is 0 Å². The van der Waals surface area contributed by atoms with Crippen LogP contribution in [0.25, 0.3) is 27.8 Å². The molecule has 0 unspecified atom stereocenters. The Labute approximate surface area is 197 Å². The Hall–Kier alpha value is -4.34. The van der Waals surface area contributed by atoms with Gasteiger partial charge < -0.3 is 19.5 Å². The molecule has 0 amide bonds. The molecule has 4 aromatic rings. The van der Waals surface area contributed by atoms with Gasteiger partial charge in [0.2, 0.25) is 0 Å². The van der Waals surface area contributed by atoms with Crippen molar-refractivity contribution in [2.45, 2.75) is 26.1 Å². The van der Waals surface area contributed by atoms with Crippen molar-refractivity contribution in [1.82, 2.24) is 9.55 Å². The maximum atomic E-state index is 13.5. The highest BCUT2D eigenvalue weighted by atomic mass is 19.4. The zero-order chi connectivity index (χ0) is 25.5. The molecule has 2 aromatic carbocycles. The van der Waals surface area contributed by atoms with Crippen molar-refractivity contribution in [2.24, 2.45) is 0 Å². The van der Waals surface area contributed by atoms with Gasteiger partial charge in [-0.2, -0.15) is 13.2 Å². The Morgan fingerprint density at radius 3 is 2.26 bits per heavy atom. The molecule has 0 atom stereocenters. The van der Waals surface area contributed by atoms with Crippen LogP contribution in [0, 0.1) is 0 Å². The average molecular weight is 484 g/mol. The molecule has 0 saturated carbocycles. The van der Waals surface area contributed by atoms with E-state index in [2.05, 4.69) is 4.98 Å². The van der Waals surface area contributed by atoms with Crippen LogP contribution < -0.4 is 4.74 Å². The molecule has 4 rings (SSSR count). The molecule has 0 spiro atoms. The highest BCUT2D eigenvalue weighted by molar-refractivity contribution is 6.13. The average Bonchev–Trinajstić information content (AvgIpc) is 3.14. The Morgan fingerprint density at radius 1 is 1.00 bits per heavy atom. The summed E-state index contributed by atoms with van der Waals surface area (Å²) in [4.78, 5) is 28.2. The number of carbonyl (C=O) groups is 2. The molecule has 2 aromatic heterocycles. The third-order valence-electron chi connectivity index (χ3n) is 5.24. The first kappa shape index (κ1) is 23.8. The normalized spacial score (nSPS) is 11.7. The van der Waals surface area contributed by atoms with E-state index in [1.54, 1.807) is 24.3 Å². The van der Waals surface area contributed by atoms with E-state index in [1.807, 2.05) is 13.8 Å². The summed E-state index contributed by atoms with van der Waals surface area (Å²) in [5, 5.41) is 19.7. The van der Waals surface area contributed by atoms with Crippen LogP contribution in [0.5, 0.6) is 5.75 Å². The Morgan fingerprint density at radius 2 is 1.69 bits per heavy atom. The summed E-state index contributed by atoms with van der Waals surface area (Å²) in [6, 6.07) is 12.4. The first-order chi connectivity index (χ1) is 16.5. The fourth-order valence-corrected chi connectivity index (χ4v) is 3.94. The van der Waals surface area contributed by atoms with Gasteiger partial charge in [-0.25, -0.2) is 9.59 Å². The lowest BCUT2D eigenvalue weighted by molar-refractivity contribution is -0.137. The molecule has 0 fully saturated rings. The second-order valence-electron chi connectivity index (χ2n) is 7.96. The maximum Gasteiger partial charge on any atom is 0.418 e. The van der Waals surface area contributed by atoms with Crippen molar-refractivity contribution in [3.05, 3.63) is 77.6 Å². The number of pyridine rings is 1. The van der Waals surface area contributed by atoms with E-state index < -0.39 is 40.6 Å². The van der Waals surface area contributed by atoms with Crippen LogP contribution in [0.4, 0.5) is 13.2 Å². The molecule has 180 valence electrons. The third-order valence-corrected chi connectivity index (χ3v) is 5.24. The molecule has 0 aliphatic carbocycles. The lowest BCUT2D eigenvalue weighted by atomic mass is 10.0. The summed E-state index contributed by atoms with van der Waals surface area (Å²) in [7, 11) is 0. The molecule has 0 aliphatic heterocycles. The number of fused-ring (bicyclic) bond motifs is 1. The van der Waals surface area contributed by atoms with E-state index in [0.717, 1.165) is 12.1 Å². The zero-order valence-electron chi connectivity index (χ0n) is 18.5. The second kappa shape index (κ2) is 8.79. The van der Waals surface area contributed by atoms with Gasteiger partial charge in [-0.15, -0.1) is 0 Å². The minimum atomic E-state index is -4.69. The zero-order valence-corrected chi connectivity index (χ0v) is 18.5. The van der Waals surface area contributed by atoms with E-state index >= 15 is 0 Å². The fourth-order valence-electron chi connectivity index (χ4n) is 3.94. The number of nitrogens with zero attached hydrogens (tertiary/aromatic N) is 2. The number of carboxylic acid groups (broad SMARTS) is 2. The monoisotopic (exact) mass is 484 g/mol. The lowest BCUT2D eigenvalue weighted by Gasteiger charge is -2.13. The standard InChI is InChI=1S/C25H19F3N2O5/c1-13(2)35-16-8-6-15(7-9-16)30-19-10-5-14(21-18(25(26,27)28)4-3-11-29-21)12-17(19)20(23(31)32)22(30)24(33)34/h3-13H,1-2H3,(H,31,32)(H,33,34). The number of hydrogen-bond donors (Lipinski definition) is 2. The molecule has 2 heterocycles. The largest absolute Gasteiger partial charge is 0.491 e. The number of halogens is 3. The van der Waals surface area contributed by atoms with E-state index in [4.69, 9.17) is 4.74 Å². The number of rotatable bonds is 6. The number of alkyl halides is 3. The van der Waals surface area contributed by atoms with Crippen molar-refractivity contribution in [3.8, 4) is 22.7 Å². The van der Waals surface area contributed by atoms with Crippen LogP contribution in [-0.2, 0) is 6.18 Å². The van der Waals surface area contributed by atoms with Crippen molar-refractivity contribution in [3.63, 3.8) is 0 Å². The third kappa shape index (κ3) is 4.42. The molecule has 10 heteroatoms. The molecule has 0 bridgehead atoms. The summed E-state index contributed by atoms with van der Waals surface area (Å²) < 4.78 is 47.5. The Kier molecular flexibility index (Phi) is 5.98. The van der Waals surface area contributed by atoms with Crippen molar-refractivity contribution in [2.75, 3.05) is 0 Å². The van der Waals surface area contributed by atoms with Crippen LogP contribution in [-0.4, -0.2) is 37.8 Å². The van der Waals surface area contributed by atoms with Crippen molar-refractivity contribution in [1.29, 1.82) is 0 Å². The van der Waals surface area contributed by atoms with E-state index in [1.165, 1.54) is 29.0 Å². The smallest absolute Gasteiger partial charge is 0.418 e. The highest BCUT2D eigenvalue weighted by Crippen LogP contribution is 2.38. The van der Waals surface area contributed by atoms with Crippen LogP contribution in [0.15, 0.2) is 60.8 Å². The molecule has 0 radical (unpaired) electrons. The summed E-state index contributed by atoms with van der Waals surface area (Å²) in [5.74, 6) is -2.50. The quantitative estimate of drug-likeness (QED) is 0.354. The highest BCUT2D eigenvalue weighted by Gasteiger charge is 2.35. The van der Waals surface area contributed by atoms with Crippen molar-refractivity contribution >= 4 is 22.8 Å². The van der Waals surface area contributed by atoms with E-state index in [0.29, 0.717) is 11.4 Å². The second-order valence-corrected chi connectivity index (χ2v) is 7.96. The fraction of sp³-hybridized carbons (Fsp3) is 0.160. The number of aromatic nitrogens is 2. The molecule has 35 heavy (non-hydrogen) atoms. The van der Waals surface area contributed by atoms with Crippen LogP contribution in [0.3, 0.4) is 0 Å². The number of carboxylic acids is 2. The van der Waals surface area contributed by atoms with Gasteiger partial charge >= 0.3 is 18.1 Å². The van der Waals surface area contributed by atoms with Crippen molar-refractivity contribution < 1.29 is 37.7 Å². The summed E-state index contributed by atoms with van der Waals surface area (Å²) in [6.45, 7) is 3.69. The molecular weight excluding hydrogens is 465 g/mol. The summed E-state index contributed by atoms with van der Waals surface area (Å²) in [5.41, 5.74) is -1.90. The Bertz CT molecular complexity index is 1440. The minimum absolute atomic E-state index is 0.00250. The van der Waals surface area contributed by atoms with Gasteiger partial charge in [0, 0.05) is 22.8 Å². The number of ether oxygens (including phenoxy) is 1. The van der Waals surface area contributed by atoms with E-state index in [9.17, 15) is 33.0 Å². The Balaban J connectivity index is 1.99. The molecule has 7 nitrogen and oxygen atoms in total. The maximum absolute atomic E-state index is 13.5. The van der Waals surface area contributed by atoms with Gasteiger partial charge in [0.25, 0.3) is 0 Å². The first-order valence-corrected chi connectivity index (χ1v) is 10.4. The molecule has 0 saturated heterocycles. The molecular formula is C25H19F3N2O5. The van der Waals surface area contributed by atoms with Crippen LogP contribution in [0.2, 0.25) is 0 Å². The minimum Gasteiger partial charge on any atom is -0.491 e. The predicted molar refractivity (Wildman–Crippen MR) is 121 cm³/mol. The van der Waals surface area contributed by atoms with Gasteiger partial charge in [0.05, 0.1) is 22.9 Å². The number of benzene rings is 2. The lowest BCUT2D eigenvalue weighted by Crippen LogP contribution is -2.12. The topological polar surface area (TPSA) is 102 Å². The number of aromatic carboxylic acids is 2. The van der Waals surface area contributed by atoms with Gasteiger partial charge in [-0.05, 0) is 62.4 Å².